The van der Waals surface area contributed by atoms with Gasteiger partial charge in [0.25, 0.3) is 5.91 Å². The van der Waals surface area contributed by atoms with E-state index in [-0.39, 0.29) is 19.1 Å². The predicted octanol–water partition coefficient (Wildman–Crippen LogP) is 1.80. The average Bonchev–Trinajstić information content (AvgIpc) is 2.83. The topological polar surface area (TPSA) is 80.7 Å². The zero-order valence-corrected chi connectivity index (χ0v) is 18.7. The number of methoxy groups -OCH3 is 1. The van der Waals surface area contributed by atoms with Gasteiger partial charge in [-0.3, -0.25) is 9.69 Å². The number of amides is 1. The van der Waals surface area contributed by atoms with Crippen LogP contribution in [0.3, 0.4) is 0 Å². The van der Waals surface area contributed by atoms with Gasteiger partial charge < -0.3 is 29.0 Å². The van der Waals surface area contributed by atoms with Crippen molar-refractivity contribution in [3.8, 4) is 17.2 Å². The summed E-state index contributed by atoms with van der Waals surface area (Å²) in [4.78, 5) is 15.9. The number of aliphatic hydroxyl groups excluding tert-OH is 1. The molecule has 0 aliphatic carbocycles. The van der Waals surface area contributed by atoms with Crippen LogP contribution in [0.1, 0.15) is 5.56 Å². The smallest absolute Gasteiger partial charge is 0.260 e. The van der Waals surface area contributed by atoms with Crippen molar-refractivity contribution in [1.82, 2.24) is 9.80 Å². The van der Waals surface area contributed by atoms with E-state index in [1.165, 1.54) is 0 Å². The van der Waals surface area contributed by atoms with Gasteiger partial charge >= 0.3 is 0 Å². The van der Waals surface area contributed by atoms with Gasteiger partial charge in [0.1, 0.15) is 30.0 Å². The first-order valence-corrected chi connectivity index (χ1v) is 10.7. The third-order valence-electron chi connectivity index (χ3n) is 5.13. The zero-order valence-electron chi connectivity index (χ0n) is 18.7. The first kappa shape index (κ1) is 23.8. The van der Waals surface area contributed by atoms with Crippen molar-refractivity contribution in [1.29, 1.82) is 0 Å². The van der Waals surface area contributed by atoms with Gasteiger partial charge in [-0.15, -0.1) is 0 Å². The van der Waals surface area contributed by atoms with E-state index in [2.05, 4.69) is 0 Å². The number of aliphatic hydroxyl groups is 1. The number of morpholine rings is 1. The number of carbonyl (C=O) groups is 1. The maximum absolute atomic E-state index is 12.2. The predicted molar refractivity (Wildman–Crippen MR) is 120 cm³/mol. The molecule has 1 saturated heterocycles. The van der Waals surface area contributed by atoms with E-state index in [9.17, 15) is 9.90 Å². The van der Waals surface area contributed by atoms with Gasteiger partial charge in [0.15, 0.2) is 6.61 Å². The van der Waals surface area contributed by atoms with Crippen molar-refractivity contribution < 1.29 is 28.8 Å². The number of benzene rings is 2. The quantitative estimate of drug-likeness (QED) is 0.566. The summed E-state index contributed by atoms with van der Waals surface area (Å²) < 4.78 is 21.6. The van der Waals surface area contributed by atoms with Gasteiger partial charge in [0.2, 0.25) is 0 Å². The van der Waals surface area contributed by atoms with Crippen LogP contribution in [0.2, 0.25) is 0 Å². The summed E-state index contributed by atoms with van der Waals surface area (Å²) in [6.07, 6.45) is -0.615. The Morgan fingerprint density at radius 1 is 1.03 bits per heavy atom. The molecule has 1 atom stereocenters. The molecule has 8 nitrogen and oxygen atoms in total. The van der Waals surface area contributed by atoms with Crippen LogP contribution in [0, 0.1) is 0 Å². The number of likely N-dealkylation sites (N-methyl/N-ethyl adjacent to an activating group) is 1. The molecule has 0 spiro atoms. The molecule has 1 fully saturated rings. The first-order chi connectivity index (χ1) is 15.5. The third kappa shape index (κ3) is 7.71. The van der Waals surface area contributed by atoms with Crippen molar-refractivity contribution in [2.45, 2.75) is 12.6 Å². The Morgan fingerprint density at radius 3 is 2.28 bits per heavy atom. The Kier molecular flexibility index (Phi) is 9.15. The summed E-state index contributed by atoms with van der Waals surface area (Å²) in [7, 11) is 3.56. The molecule has 0 saturated carbocycles. The number of ether oxygens (including phenoxy) is 4. The Labute approximate surface area is 189 Å². The summed E-state index contributed by atoms with van der Waals surface area (Å²) in [6, 6.07) is 14.9. The van der Waals surface area contributed by atoms with Gasteiger partial charge in [-0.25, -0.2) is 0 Å². The van der Waals surface area contributed by atoms with E-state index < -0.39 is 6.10 Å². The fraction of sp³-hybridized carbons (Fsp3) is 0.458. The summed E-state index contributed by atoms with van der Waals surface area (Å²) in [6.45, 7) is 3.77. The highest BCUT2D eigenvalue weighted by Gasteiger charge is 2.17. The lowest BCUT2D eigenvalue weighted by atomic mass is 10.2. The van der Waals surface area contributed by atoms with Crippen LogP contribution in [0.5, 0.6) is 17.2 Å². The molecular weight excluding hydrogens is 412 g/mol. The fourth-order valence-electron chi connectivity index (χ4n) is 3.39. The van der Waals surface area contributed by atoms with Crippen LogP contribution in [-0.4, -0.2) is 87.1 Å². The van der Waals surface area contributed by atoms with Crippen molar-refractivity contribution in [2.24, 2.45) is 0 Å². The van der Waals surface area contributed by atoms with E-state index in [0.717, 1.165) is 11.3 Å². The van der Waals surface area contributed by atoms with Gasteiger partial charge in [-0.2, -0.15) is 0 Å². The van der Waals surface area contributed by atoms with Crippen LogP contribution in [0.15, 0.2) is 48.5 Å². The molecule has 1 heterocycles. The van der Waals surface area contributed by atoms with Gasteiger partial charge in [-0.1, -0.05) is 12.1 Å². The molecule has 32 heavy (non-hydrogen) atoms. The second kappa shape index (κ2) is 12.3. The minimum absolute atomic E-state index is 0.0250. The molecule has 2 aromatic carbocycles. The highest BCUT2D eigenvalue weighted by Crippen LogP contribution is 2.17. The molecule has 2 aromatic rings. The molecule has 1 aliphatic rings. The van der Waals surface area contributed by atoms with Gasteiger partial charge in [0.05, 0.1) is 20.3 Å². The lowest BCUT2D eigenvalue weighted by Crippen LogP contribution is -2.42. The minimum atomic E-state index is -0.615. The number of hydrogen-bond donors (Lipinski definition) is 1. The molecular formula is C24H32N2O6. The lowest BCUT2D eigenvalue weighted by Gasteiger charge is -2.26. The van der Waals surface area contributed by atoms with E-state index in [0.29, 0.717) is 50.9 Å². The molecule has 1 unspecified atom stereocenters. The minimum Gasteiger partial charge on any atom is -0.497 e. The second-order valence-corrected chi connectivity index (χ2v) is 7.76. The molecule has 0 radical (unpaired) electrons. The Bertz CT molecular complexity index is 821. The Hall–Kier alpha value is -2.81. The van der Waals surface area contributed by atoms with E-state index in [4.69, 9.17) is 18.9 Å². The summed E-state index contributed by atoms with van der Waals surface area (Å²) in [5.74, 6) is 2.09. The molecule has 0 aromatic heterocycles. The normalized spacial score (nSPS) is 14.8. The van der Waals surface area contributed by atoms with Crippen LogP contribution in [0.25, 0.3) is 0 Å². The highest BCUT2D eigenvalue weighted by molar-refractivity contribution is 5.77. The molecule has 174 valence electrons. The molecule has 8 heteroatoms. The van der Waals surface area contributed by atoms with Crippen molar-refractivity contribution in [3.05, 3.63) is 54.1 Å². The van der Waals surface area contributed by atoms with Crippen molar-refractivity contribution in [3.63, 3.8) is 0 Å². The number of carbonyl (C=O) groups excluding carboxylic acids is 1. The molecule has 1 N–H and O–H groups in total. The van der Waals surface area contributed by atoms with Crippen molar-refractivity contribution in [2.75, 3.05) is 60.2 Å². The highest BCUT2D eigenvalue weighted by atomic mass is 16.5. The van der Waals surface area contributed by atoms with Gasteiger partial charge in [-0.05, 0) is 49.0 Å². The van der Waals surface area contributed by atoms with Crippen LogP contribution in [-0.2, 0) is 16.1 Å². The monoisotopic (exact) mass is 444 g/mol. The van der Waals surface area contributed by atoms with Crippen LogP contribution in [0.4, 0.5) is 0 Å². The fourth-order valence-corrected chi connectivity index (χ4v) is 3.39. The number of rotatable bonds is 11. The van der Waals surface area contributed by atoms with Crippen LogP contribution >= 0.6 is 0 Å². The Morgan fingerprint density at radius 2 is 1.62 bits per heavy atom. The number of hydrogen-bond acceptors (Lipinski definition) is 7. The summed E-state index contributed by atoms with van der Waals surface area (Å²) >= 11 is 0. The number of nitrogens with zero attached hydrogens (tertiary/aromatic N) is 2. The van der Waals surface area contributed by atoms with Crippen molar-refractivity contribution >= 4 is 5.91 Å². The molecule has 1 aliphatic heterocycles. The third-order valence-corrected chi connectivity index (χ3v) is 5.13. The second-order valence-electron chi connectivity index (χ2n) is 7.76. The Balaban J connectivity index is 1.36. The lowest BCUT2D eigenvalue weighted by molar-refractivity contribution is -0.137. The summed E-state index contributed by atoms with van der Waals surface area (Å²) in [5.41, 5.74) is 1.09. The first-order valence-electron chi connectivity index (χ1n) is 10.7. The van der Waals surface area contributed by atoms with Crippen LogP contribution < -0.4 is 14.2 Å². The summed E-state index contributed by atoms with van der Waals surface area (Å²) in [5, 5.41) is 10.3. The van der Waals surface area contributed by atoms with Gasteiger partial charge in [0, 0.05) is 26.2 Å². The SMILES string of the molecule is COc1ccc(OCC(O)CN(C)Cc2ccc(OCC(=O)N3CCOCC3)cc2)cc1. The van der Waals surface area contributed by atoms with E-state index >= 15 is 0 Å². The average molecular weight is 445 g/mol. The molecule has 0 bridgehead atoms. The maximum atomic E-state index is 12.2. The molecule has 3 rings (SSSR count). The van der Waals surface area contributed by atoms with E-state index in [1.807, 2.05) is 60.5 Å². The zero-order chi connectivity index (χ0) is 22.8. The maximum Gasteiger partial charge on any atom is 0.260 e. The van der Waals surface area contributed by atoms with E-state index in [1.54, 1.807) is 12.0 Å². The molecule has 1 amide bonds. The largest absolute Gasteiger partial charge is 0.497 e. The standard InChI is InChI=1S/C24H32N2O6/c1-25(16-20(27)17-31-23-9-7-21(29-2)8-10-23)15-19-3-5-22(6-4-19)32-18-24(28)26-11-13-30-14-12-26/h3-10,20,27H,11-18H2,1-2H3.